The van der Waals surface area contributed by atoms with E-state index in [1.165, 1.54) is 28.5 Å². The van der Waals surface area contributed by atoms with E-state index in [-0.39, 0.29) is 17.5 Å². The van der Waals surface area contributed by atoms with E-state index in [2.05, 4.69) is 68.7 Å². The zero-order valence-electron chi connectivity index (χ0n) is 20.6. The van der Waals surface area contributed by atoms with Crippen LogP contribution in [0.5, 0.6) is 0 Å². The minimum Gasteiger partial charge on any atom is -0.379 e. The number of aromatic amines is 1. The topological polar surface area (TPSA) is 90.6 Å². The van der Waals surface area contributed by atoms with Gasteiger partial charge in [0.15, 0.2) is 5.13 Å². The van der Waals surface area contributed by atoms with Gasteiger partial charge in [0, 0.05) is 44.7 Å². The number of fused-ring (bicyclic) bond motifs is 1. The summed E-state index contributed by atoms with van der Waals surface area (Å²) in [5, 5.41) is 3.44. The molecule has 1 aliphatic rings. The van der Waals surface area contributed by atoms with Gasteiger partial charge in [0.1, 0.15) is 10.3 Å². The maximum Gasteiger partial charge on any atom is 0.323 e. The smallest absolute Gasteiger partial charge is 0.323 e. The molecule has 0 atom stereocenters. The minimum absolute atomic E-state index is 0.175. The van der Waals surface area contributed by atoms with Crippen LogP contribution in [0.1, 0.15) is 23.5 Å². The summed E-state index contributed by atoms with van der Waals surface area (Å²) < 4.78 is 5.48. The van der Waals surface area contributed by atoms with Gasteiger partial charge in [0.2, 0.25) is 5.56 Å². The zero-order chi connectivity index (χ0) is 25.5. The van der Waals surface area contributed by atoms with Crippen molar-refractivity contribution in [1.29, 1.82) is 0 Å². The number of carbonyl (C=O) groups is 1. The molecule has 1 saturated heterocycles. The lowest BCUT2D eigenvalue weighted by molar-refractivity contribution is 0.0351. The van der Waals surface area contributed by atoms with Crippen LogP contribution < -0.4 is 10.9 Å². The van der Waals surface area contributed by atoms with Crippen molar-refractivity contribution >= 4 is 32.8 Å². The van der Waals surface area contributed by atoms with Crippen LogP contribution in [0.4, 0.5) is 9.93 Å². The first-order valence-corrected chi connectivity index (χ1v) is 13.4. The molecule has 2 amide bonds. The summed E-state index contributed by atoms with van der Waals surface area (Å²) in [6.45, 7) is 5.16. The summed E-state index contributed by atoms with van der Waals surface area (Å²) in [4.78, 5) is 37.2. The Morgan fingerprint density at radius 3 is 2.35 bits per heavy atom. The number of H-pyrrole nitrogens is 1. The normalized spacial score (nSPS) is 14.2. The van der Waals surface area contributed by atoms with Crippen LogP contribution in [0.2, 0.25) is 0 Å². The molecule has 0 aliphatic carbocycles. The number of pyridine rings is 1. The standard InChI is InChI=1S/C28H31N5O3S/c34-25-12-11-24-26(30-25)37-27(29-24)31-28(35)33(16-15-32-17-19-36-20-18-32)14-13-23(21-7-3-1-4-8-21)22-9-5-2-6-10-22/h1-12,23H,13-20H2,(H,30,34)(H,29,31,35). The maximum absolute atomic E-state index is 13.5. The fourth-order valence-electron chi connectivity index (χ4n) is 4.65. The van der Waals surface area contributed by atoms with Crippen molar-refractivity contribution in [1.82, 2.24) is 19.8 Å². The highest BCUT2D eigenvalue weighted by atomic mass is 32.1. The number of thiazole rings is 1. The Kier molecular flexibility index (Phi) is 8.25. The molecule has 0 saturated carbocycles. The number of hydrogen-bond donors (Lipinski definition) is 2. The van der Waals surface area contributed by atoms with Gasteiger partial charge in [0.05, 0.1) is 13.2 Å². The number of rotatable bonds is 9. The van der Waals surface area contributed by atoms with E-state index in [0.717, 1.165) is 39.3 Å². The highest BCUT2D eigenvalue weighted by molar-refractivity contribution is 7.21. The van der Waals surface area contributed by atoms with Gasteiger partial charge in [-0.3, -0.25) is 15.0 Å². The molecule has 0 unspecified atom stereocenters. The Labute approximate surface area is 219 Å². The fourth-order valence-corrected chi connectivity index (χ4v) is 5.50. The summed E-state index contributed by atoms with van der Waals surface area (Å²) in [5.74, 6) is 0.175. The van der Waals surface area contributed by atoms with Crippen LogP contribution in [0.25, 0.3) is 10.3 Å². The Bertz CT molecular complexity index is 1310. The lowest BCUT2D eigenvalue weighted by Gasteiger charge is -2.31. The van der Waals surface area contributed by atoms with Crippen LogP contribution in [-0.4, -0.2) is 71.7 Å². The van der Waals surface area contributed by atoms with Gasteiger partial charge in [-0.05, 0) is 23.6 Å². The summed E-state index contributed by atoms with van der Waals surface area (Å²) in [6.07, 6.45) is 0.789. The number of nitrogens with zero attached hydrogens (tertiary/aromatic N) is 3. The second kappa shape index (κ2) is 12.1. The third-order valence-electron chi connectivity index (χ3n) is 6.67. The van der Waals surface area contributed by atoms with Gasteiger partial charge in [0.25, 0.3) is 0 Å². The predicted molar refractivity (Wildman–Crippen MR) is 147 cm³/mol. The average Bonchev–Trinajstić information content (AvgIpc) is 3.33. The van der Waals surface area contributed by atoms with Crippen molar-refractivity contribution < 1.29 is 9.53 Å². The Morgan fingerprint density at radius 1 is 1.00 bits per heavy atom. The van der Waals surface area contributed by atoms with Crippen molar-refractivity contribution in [3.63, 3.8) is 0 Å². The molecule has 3 heterocycles. The number of nitrogens with one attached hydrogen (secondary N) is 2. The highest BCUT2D eigenvalue weighted by Gasteiger charge is 2.21. The van der Waals surface area contributed by atoms with Crippen LogP contribution >= 0.6 is 11.3 Å². The number of hydrogen-bond acceptors (Lipinski definition) is 6. The van der Waals surface area contributed by atoms with Crippen LogP contribution in [0.15, 0.2) is 77.6 Å². The molecule has 192 valence electrons. The van der Waals surface area contributed by atoms with E-state index in [9.17, 15) is 9.59 Å². The zero-order valence-corrected chi connectivity index (χ0v) is 21.5. The number of benzene rings is 2. The fraction of sp³-hybridized carbons (Fsp3) is 0.321. The molecule has 1 aliphatic heterocycles. The van der Waals surface area contributed by atoms with E-state index < -0.39 is 0 Å². The van der Waals surface area contributed by atoms with Crippen molar-refractivity contribution in [2.45, 2.75) is 12.3 Å². The lowest BCUT2D eigenvalue weighted by atomic mass is 9.88. The molecule has 37 heavy (non-hydrogen) atoms. The first kappa shape index (κ1) is 25.1. The first-order chi connectivity index (χ1) is 18.2. The molecule has 2 aromatic carbocycles. The number of amides is 2. The van der Waals surface area contributed by atoms with Gasteiger partial charge >= 0.3 is 6.03 Å². The van der Waals surface area contributed by atoms with E-state index in [1.807, 2.05) is 17.0 Å². The van der Waals surface area contributed by atoms with E-state index >= 15 is 0 Å². The van der Waals surface area contributed by atoms with Crippen LogP contribution in [0.3, 0.4) is 0 Å². The maximum atomic E-state index is 13.5. The first-order valence-electron chi connectivity index (χ1n) is 12.6. The van der Waals surface area contributed by atoms with Gasteiger partial charge in [-0.2, -0.15) is 0 Å². The lowest BCUT2D eigenvalue weighted by Crippen LogP contribution is -2.44. The molecule has 8 nitrogen and oxygen atoms in total. The number of aromatic nitrogens is 2. The number of carbonyl (C=O) groups excluding carboxylic acids is 1. The Balaban J connectivity index is 1.33. The number of urea groups is 1. The molecule has 5 rings (SSSR count). The molecular weight excluding hydrogens is 486 g/mol. The van der Waals surface area contributed by atoms with Crippen molar-refractivity contribution in [2.24, 2.45) is 0 Å². The SMILES string of the molecule is O=C(Nc1nc2ccc(=O)[nH]c2s1)N(CCC(c1ccccc1)c1ccccc1)CCN1CCOCC1. The summed E-state index contributed by atoms with van der Waals surface area (Å²) in [5.41, 5.74) is 2.94. The van der Waals surface area contributed by atoms with Gasteiger partial charge in [-0.25, -0.2) is 9.78 Å². The Morgan fingerprint density at radius 2 is 1.68 bits per heavy atom. The van der Waals surface area contributed by atoms with Crippen LogP contribution in [0, 0.1) is 0 Å². The quantitative estimate of drug-likeness (QED) is 0.344. The second-order valence-corrected chi connectivity index (χ2v) is 10.1. The Hall–Kier alpha value is -3.53. The molecule has 4 aromatic rings. The third kappa shape index (κ3) is 6.62. The van der Waals surface area contributed by atoms with E-state index in [4.69, 9.17) is 4.74 Å². The van der Waals surface area contributed by atoms with Crippen LogP contribution in [-0.2, 0) is 4.74 Å². The summed E-state index contributed by atoms with van der Waals surface area (Å²) in [7, 11) is 0. The molecule has 2 aromatic heterocycles. The average molecular weight is 518 g/mol. The van der Waals surface area contributed by atoms with Crippen molar-refractivity contribution in [3.8, 4) is 0 Å². The van der Waals surface area contributed by atoms with E-state index in [1.54, 1.807) is 6.07 Å². The number of morpholine rings is 1. The summed E-state index contributed by atoms with van der Waals surface area (Å²) >= 11 is 1.27. The summed E-state index contributed by atoms with van der Waals surface area (Å²) in [6, 6.07) is 23.8. The van der Waals surface area contributed by atoms with Gasteiger partial charge in [-0.15, -0.1) is 0 Å². The third-order valence-corrected chi connectivity index (χ3v) is 7.57. The highest BCUT2D eigenvalue weighted by Crippen LogP contribution is 2.28. The molecule has 1 fully saturated rings. The largest absolute Gasteiger partial charge is 0.379 e. The predicted octanol–water partition coefficient (Wildman–Crippen LogP) is 4.37. The van der Waals surface area contributed by atoms with Crippen molar-refractivity contribution in [2.75, 3.05) is 51.3 Å². The molecule has 9 heteroatoms. The molecule has 0 radical (unpaired) electrons. The van der Waals surface area contributed by atoms with Crippen molar-refractivity contribution in [3.05, 3.63) is 94.3 Å². The van der Waals surface area contributed by atoms with Gasteiger partial charge < -0.3 is 14.6 Å². The molecule has 0 bridgehead atoms. The molecule has 0 spiro atoms. The molecule has 2 N–H and O–H groups in total. The minimum atomic E-state index is -0.186. The molecular formula is C28H31N5O3S. The van der Waals surface area contributed by atoms with E-state index in [0.29, 0.717) is 28.6 Å². The number of ether oxygens (including phenoxy) is 1. The monoisotopic (exact) mass is 517 g/mol. The number of anilines is 1. The van der Waals surface area contributed by atoms with Gasteiger partial charge in [-0.1, -0.05) is 72.0 Å². The second-order valence-electron chi connectivity index (χ2n) is 9.09.